The number of carbonyl (C=O) groups is 1. The molecule has 2 aromatic rings. The molecule has 2 saturated heterocycles. The Morgan fingerprint density at radius 2 is 1.55 bits per heavy atom. The van der Waals surface area contributed by atoms with Crippen LogP contribution in [0.1, 0.15) is 50.2 Å². The molecule has 0 spiro atoms. The van der Waals surface area contributed by atoms with Crippen LogP contribution in [0.3, 0.4) is 0 Å². The van der Waals surface area contributed by atoms with Crippen molar-refractivity contribution >= 4 is 5.97 Å². The van der Waals surface area contributed by atoms with Crippen LogP contribution >= 0.6 is 0 Å². The number of carbonyl (C=O) groups excluding carboxylic acids is 1. The minimum Gasteiger partial charge on any atom is -0.458 e. The summed E-state index contributed by atoms with van der Waals surface area (Å²) in [4.78, 5) is 16.3. The third-order valence-electron chi connectivity index (χ3n) is 6.54. The lowest BCUT2D eigenvalue weighted by Gasteiger charge is -2.39. The highest BCUT2D eigenvalue weighted by Gasteiger charge is 2.48. The normalized spacial score (nSPS) is 24.4. The van der Waals surface area contributed by atoms with Gasteiger partial charge in [-0.2, -0.15) is 0 Å². The fraction of sp³-hybridized carbons (Fsp3) is 0.480. The maximum Gasteiger partial charge on any atom is 0.348 e. The second-order valence-electron chi connectivity index (χ2n) is 8.25. The fourth-order valence-corrected chi connectivity index (χ4v) is 4.97. The lowest BCUT2D eigenvalue weighted by molar-refractivity contribution is -0.179. The number of rotatable bonds is 7. The molecule has 2 aliphatic heterocycles. The Kier molecular flexibility index (Phi) is 6.02. The Hall–Kier alpha value is -2.17. The molecule has 0 aliphatic carbocycles. The summed E-state index contributed by atoms with van der Waals surface area (Å²) in [5.74, 6) is -0.299. The molecule has 0 saturated carbocycles. The predicted octanol–water partition coefficient (Wildman–Crippen LogP) is 4.53. The van der Waals surface area contributed by atoms with Gasteiger partial charge in [0.15, 0.2) is 0 Å². The molecule has 0 aromatic heterocycles. The van der Waals surface area contributed by atoms with E-state index in [9.17, 15) is 4.79 Å². The first-order valence-electron chi connectivity index (χ1n) is 10.8. The van der Waals surface area contributed by atoms with E-state index in [2.05, 4.69) is 18.9 Å². The minimum absolute atomic E-state index is 0.0803. The highest BCUT2D eigenvalue weighted by atomic mass is 16.6. The van der Waals surface area contributed by atoms with E-state index in [4.69, 9.17) is 9.47 Å². The second-order valence-corrected chi connectivity index (χ2v) is 8.25. The number of likely N-dealkylation sites (N-methyl/N-ethyl adjacent to an activating group) is 1. The van der Waals surface area contributed by atoms with Gasteiger partial charge in [-0.25, -0.2) is 4.79 Å². The quantitative estimate of drug-likeness (QED) is 0.648. The van der Waals surface area contributed by atoms with Crippen molar-refractivity contribution in [3.63, 3.8) is 0 Å². The van der Waals surface area contributed by atoms with Crippen LogP contribution in [0.2, 0.25) is 0 Å². The average Bonchev–Trinajstić information content (AvgIpc) is 2.99. The van der Waals surface area contributed by atoms with E-state index in [-0.39, 0.29) is 12.1 Å². The Morgan fingerprint density at radius 3 is 2.14 bits per heavy atom. The van der Waals surface area contributed by atoms with Crippen molar-refractivity contribution in [1.29, 1.82) is 0 Å². The first-order chi connectivity index (χ1) is 14.2. The van der Waals surface area contributed by atoms with Crippen LogP contribution in [0.25, 0.3) is 0 Å². The number of hydrogen-bond acceptors (Lipinski definition) is 4. The molecule has 0 amide bonds. The van der Waals surface area contributed by atoms with Gasteiger partial charge in [-0.3, -0.25) is 4.90 Å². The molecule has 0 unspecified atom stereocenters. The van der Waals surface area contributed by atoms with Crippen LogP contribution < -0.4 is 0 Å². The molecule has 2 aromatic carbocycles. The number of hydrogen-bond donors (Lipinski definition) is 0. The first-order valence-corrected chi connectivity index (χ1v) is 10.8. The number of fused-ring (bicyclic) bond motifs is 2. The summed E-state index contributed by atoms with van der Waals surface area (Å²) in [6.07, 6.45) is 5.06. The molecule has 4 nitrogen and oxygen atoms in total. The van der Waals surface area contributed by atoms with Crippen molar-refractivity contribution < 1.29 is 14.3 Å². The lowest BCUT2D eigenvalue weighted by Crippen LogP contribution is -2.50. The van der Waals surface area contributed by atoms with Gasteiger partial charge in [-0.1, -0.05) is 67.6 Å². The van der Waals surface area contributed by atoms with Crippen LogP contribution in [-0.2, 0) is 19.9 Å². The smallest absolute Gasteiger partial charge is 0.348 e. The first kappa shape index (κ1) is 20.1. The standard InChI is InChI=1S/C25H31NO3/c1-3-18-28-25(19-10-6-4-7-11-19,20-12-8-5-9-13-20)24(27)29-23-17-15-21-14-16-22(23)26(21)2/h4-13,21-23H,3,14-18H2,1-2H3/t21-,22+,23+/m1/s1. The zero-order valence-corrected chi connectivity index (χ0v) is 17.4. The monoisotopic (exact) mass is 393 g/mol. The van der Waals surface area contributed by atoms with E-state index >= 15 is 0 Å². The van der Waals surface area contributed by atoms with E-state index in [1.54, 1.807) is 0 Å². The van der Waals surface area contributed by atoms with Gasteiger partial charge >= 0.3 is 5.97 Å². The fourth-order valence-electron chi connectivity index (χ4n) is 4.97. The van der Waals surface area contributed by atoms with Gasteiger partial charge in [-0.15, -0.1) is 0 Å². The largest absolute Gasteiger partial charge is 0.458 e. The van der Waals surface area contributed by atoms with E-state index < -0.39 is 5.60 Å². The van der Waals surface area contributed by atoms with Crippen molar-refractivity contribution in [2.45, 2.75) is 62.8 Å². The van der Waals surface area contributed by atoms with Gasteiger partial charge in [0, 0.05) is 18.7 Å². The molecule has 4 rings (SSSR count). The molecule has 0 radical (unpaired) electrons. The summed E-state index contributed by atoms with van der Waals surface area (Å²) < 4.78 is 12.6. The van der Waals surface area contributed by atoms with Crippen molar-refractivity contribution in [2.75, 3.05) is 13.7 Å². The summed E-state index contributed by atoms with van der Waals surface area (Å²) in [6, 6.07) is 20.5. The molecule has 2 bridgehead atoms. The molecule has 2 aliphatic rings. The third kappa shape index (κ3) is 3.72. The van der Waals surface area contributed by atoms with Crippen LogP contribution in [-0.4, -0.2) is 42.7 Å². The number of benzene rings is 2. The second kappa shape index (κ2) is 8.68. The van der Waals surface area contributed by atoms with Gasteiger partial charge in [0.2, 0.25) is 5.60 Å². The number of ether oxygens (including phenoxy) is 2. The summed E-state index contributed by atoms with van der Waals surface area (Å²) in [5.41, 5.74) is 0.392. The van der Waals surface area contributed by atoms with Crippen molar-refractivity contribution in [3.05, 3.63) is 71.8 Å². The molecular weight excluding hydrogens is 362 g/mol. The SMILES string of the molecule is CCCOC(C(=O)O[C@H]1CC[C@H]2CC[C@@H]1N2C)(c1ccccc1)c1ccccc1. The van der Waals surface area contributed by atoms with Crippen LogP contribution in [0, 0.1) is 0 Å². The third-order valence-corrected chi connectivity index (χ3v) is 6.54. The van der Waals surface area contributed by atoms with Crippen LogP contribution in [0.15, 0.2) is 60.7 Å². The highest BCUT2D eigenvalue weighted by molar-refractivity contribution is 5.86. The number of piperidine rings is 1. The van der Waals surface area contributed by atoms with E-state index in [0.29, 0.717) is 18.7 Å². The average molecular weight is 394 g/mol. The highest BCUT2D eigenvalue weighted by Crippen LogP contribution is 2.40. The predicted molar refractivity (Wildman–Crippen MR) is 114 cm³/mol. The molecule has 4 heteroatoms. The van der Waals surface area contributed by atoms with Crippen LogP contribution in [0.5, 0.6) is 0 Å². The van der Waals surface area contributed by atoms with E-state index in [1.165, 1.54) is 6.42 Å². The number of nitrogens with zero attached hydrogens (tertiary/aromatic N) is 1. The van der Waals surface area contributed by atoms with Gasteiger partial charge in [0.05, 0.1) is 0 Å². The van der Waals surface area contributed by atoms with Crippen molar-refractivity contribution in [1.82, 2.24) is 4.90 Å². The number of esters is 1. The Bertz CT molecular complexity index is 768. The lowest BCUT2D eigenvalue weighted by atomic mass is 9.85. The van der Waals surface area contributed by atoms with Gasteiger partial charge in [0.25, 0.3) is 0 Å². The van der Waals surface area contributed by atoms with Gasteiger partial charge in [-0.05, 0) is 50.3 Å². The van der Waals surface area contributed by atoms with Gasteiger partial charge in [0.1, 0.15) is 6.10 Å². The van der Waals surface area contributed by atoms with Crippen LogP contribution in [0.4, 0.5) is 0 Å². The van der Waals surface area contributed by atoms with E-state index in [1.807, 2.05) is 60.7 Å². The van der Waals surface area contributed by atoms with Gasteiger partial charge < -0.3 is 9.47 Å². The summed E-state index contributed by atoms with van der Waals surface area (Å²) in [6.45, 7) is 2.54. The Morgan fingerprint density at radius 1 is 0.966 bits per heavy atom. The Labute approximate surface area is 173 Å². The topological polar surface area (TPSA) is 38.8 Å². The maximum atomic E-state index is 13.9. The molecule has 29 heavy (non-hydrogen) atoms. The molecule has 2 heterocycles. The summed E-state index contributed by atoms with van der Waals surface area (Å²) in [5, 5.41) is 0. The molecular formula is C25H31NO3. The Balaban J connectivity index is 1.72. The minimum atomic E-state index is -1.24. The molecule has 3 atom stereocenters. The molecule has 0 N–H and O–H groups in total. The molecule has 2 fully saturated rings. The summed E-state index contributed by atoms with van der Waals surface area (Å²) in [7, 11) is 2.16. The zero-order chi connectivity index (χ0) is 20.3. The molecule has 154 valence electrons. The maximum absolute atomic E-state index is 13.9. The summed E-state index contributed by atoms with van der Waals surface area (Å²) >= 11 is 0. The van der Waals surface area contributed by atoms with Crippen molar-refractivity contribution in [2.24, 2.45) is 0 Å². The van der Waals surface area contributed by atoms with E-state index in [0.717, 1.165) is 36.8 Å². The van der Waals surface area contributed by atoms with Crippen molar-refractivity contribution in [3.8, 4) is 0 Å². The zero-order valence-electron chi connectivity index (χ0n) is 17.4.